The van der Waals surface area contributed by atoms with Crippen molar-refractivity contribution in [2.75, 3.05) is 18.0 Å². The number of H-pyrrole nitrogens is 1. The molecular formula is C12H19N5S. The number of aromatic amines is 1. The van der Waals surface area contributed by atoms with E-state index in [-0.39, 0.29) is 0 Å². The molecule has 2 heterocycles. The second-order valence-electron chi connectivity index (χ2n) is 3.99. The van der Waals surface area contributed by atoms with Gasteiger partial charge in [-0.05, 0) is 13.8 Å². The number of thiazole rings is 1. The van der Waals surface area contributed by atoms with E-state index in [2.05, 4.69) is 39.2 Å². The summed E-state index contributed by atoms with van der Waals surface area (Å²) in [6, 6.07) is 0. The Bertz CT molecular complexity index is 447. The lowest BCUT2D eigenvalue weighted by molar-refractivity contribution is 0.700. The van der Waals surface area contributed by atoms with Gasteiger partial charge in [0, 0.05) is 49.0 Å². The van der Waals surface area contributed by atoms with E-state index in [1.165, 1.54) is 10.4 Å². The van der Waals surface area contributed by atoms with Crippen LogP contribution in [-0.4, -0.2) is 28.3 Å². The van der Waals surface area contributed by atoms with Gasteiger partial charge in [0.2, 0.25) is 0 Å². The van der Waals surface area contributed by atoms with Gasteiger partial charge in [-0.1, -0.05) is 0 Å². The highest BCUT2D eigenvalue weighted by atomic mass is 32.1. The average Bonchev–Trinajstić information content (AvgIpc) is 3.03. The summed E-state index contributed by atoms with van der Waals surface area (Å²) in [5, 5.41) is 11.2. The number of aromatic nitrogens is 3. The molecule has 0 aliphatic rings. The highest BCUT2D eigenvalue weighted by Gasteiger charge is 2.07. The zero-order chi connectivity index (χ0) is 12.8. The number of anilines is 1. The molecule has 0 aliphatic heterocycles. The van der Waals surface area contributed by atoms with Crippen LogP contribution in [0.25, 0.3) is 0 Å². The molecule has 2 aromatic rings. The van der Waals surface area contributed by atoms with Crippen LogP contribution in [0, 0.1) is 0 Å². The lowest BCUT2D eigenvalue weighted by Crippen LogP contribution is -2.21. The van der Waals surface area contributed by atoms with E-state index in [0.29, 0.717) is 0 Å². The van der Waals surface area contributed by atoms with Crippen molar-refractivity contribution in [1.82, 2.24) is 20.5 Å². The first-order valence-electron chi connectivity index (χ1n) is 6.21. The highest BCUT2D eigenvalue weighted by Crippen LogP contribution is 2.21. The van der Waals surface area contributed by atoms with E-state index in [9.17, 15) is 0 Å². The molecule has 2 aromatic heterocycles. The van der Waals surface area contributed by atoms with Gasteiger partial charge >= 0.3 is 0 Å². The predicted octanol–water partition coefficient (Wildman–Crippen LogP) is 2.00. The van der Waals surface area contributed by atoms with Gasteiger partial charge in [-0.15, -0.1) is 11.3 Å². The molecule has 0 aromatic carbocycles. The van der Waals surface area contributed by atoms with Crippen molar-refractivity contribution in [3.8, 4) is 0 Å². The SMILES string of the molecule is CCN(CC)c1ncc(CNCc2cn[nH]c2)s1. The number of hydrogen-bond donors (Lipinski definition) is 2. The van der Waals surface area contributed by atoms with Gasteiger partial charge in [-0.25, -0.2) is 4.98 Å². The van der Waals surface area contributed by atoms with Gasteiger partial charge in [0.25, 0.3) is 0 Å². The molecule has 0 radical (unpaired) electrons. The van der Waals surface area contributed by atoms with Crippen molar-refractivity contribution in [3.05, 3.63) is 29.0 Å². The summed E-state index contributed by atoms with van der Waals surface area (Å²) in [6.45, 7) is 8.00. The van der Waals surface area contributed by atoms with Crippen molar-refractivity contribution in [2.45, 2.75) is 26.9 Å². The second kappa shape index (κ2) is 6.51. The van der Waals surface area contributed by atoms with Crippen LogP contribution in [0.2, 0.25) is 0 Å². The van der Waals surface area contributed by atoms with E-state index < -0.39 is 0 Å². The Kier molecular flexibility index (Phi) is 4.72. The van der Waals surface area contributed by atoms with Gasteiger partial charge < -0.3 is 10.2 Å². The highest BCUT2D eigenvalue weighted by molar-refractivity contribution is 7.15. The topological polar surface area (TPSA) is 56.8 Å². The lowest BCUT2D eigenvalue weighted by atomic mass is 10.3. The fourth-order valence-corrected chi connectivity index (χ4v) is 2.73. The molecule has 98 valence electrons. The van der Waals surface area contributed by atoms with E-state index in [1.54, 1.807) is 11.3 Å². The normalized spacial score (nSPS) is 10.8. The van der Waals surface area contributed by atoms with Crippen molar-refractivity contribution < 1.29 is 0 Å². The van der Waals surface area contributed by atoms with Gasteiger partial charge in [-0.3, -0.25) is 5.10 Å². The standard InChI is InChI=1S/C12H19N5S/c1-3-17(4-2)12-14-9-11(18-12)8-13-5-10-6-15-16-7-10/h6-7,9,13H,3-5,8H2,1-2H3,(H,15,16). The molecule has 2 rings (SSSR count). The minimum absolute atomic E-state index is 0.828. The first kappa shape index (κ1) is 13.0. The van der Waals surface area contributed by atoms with E-state index in [4.69, 9.17) is 0 Å². The summed E-state index contributed by atoms with van der Waals surface area (Å²) in [4.78, 5) is 7.99. The molecule has 0 spiro atoms. The Morgan fingerprint density at radius 3 is 2.78 bits per heavy atom. The van der Waals surface area contributed by atoms with Crippen molar-refractivity contribution in [2.24, 2.45) is 0 Å². The second-order valence-corrected chi connectivity index (χ2v) is 5.09. The third-order valence-electron chi connectivity index (χ3n) is 2.76. The van der Waals surface area contributed by atoms with Crippen molar-refractivity contribution >= 4 is 16.5 Å². The Hall–Kier alpha value is -1.40. The monoisotopic (exact) mass is 265 g/mol. The fraction of sp³-hybridized carbons (Fsp3) is 0.500. The van der Waals surface area contributed by atoms with E-state index in [0.717, 1.165) is 31.3 Å². The average molecular weight is 265 g/mol. The molecule has 0 fully saturated rings. The maximum absolute atomic E-state index is 4.46. The molecular weight excluding hydrogens is 246 g/mol. The molecule has 5 nitrogen and oxygen atoms in total. The first-order chi connectivity index (χ1) is 8.83. The molecule has 0 saturated carbocycles. The maximum Gasteiger partial charge on any atom is 0.185 e. The van der Waals surface area contributed by atoms with Crippen LogP contribution in [-0.2, 0) is 13.1 Å². The summed E-state index contributed by atoms with van der Waals surface area (Å²) in [6.07, 6.45) is 5.70. The number of nitrogens with one attached hydrogen (secondary N) is 2. The Morgan fingerprint density at radius 2 is 2.11 bits per heavy atom. The summed E-state index contributed by atoms with van der Waals surface area (Å²) < 4.78 is 0. The summed E-state index contributed by atoms with van der Waals surface area (Å²) >= 11 is 1.76. The summed E-state index contributed by atoms with van der Waals surface area (Å²) in [5.41, 5.74) is 1.17. The van der Waals surface area contributed by atoms with Crippen LogP contribution in [0.1, 0.15) is 24.3 Å². The molecule has 0 saturated heterocycles. The Labute approximate surface area is 111 Å². The minimum atomic E-state index is 0.828. The predicted molar refractivity (Wildman–Crippen MR) is 74.8 cm³/mol. The number of rotatable bonds is 7. The smallest absolute Gasteiger partial charge is 0.185 e. The number of nitrogens with zero attached hydrogens (tertiary/aromatic N) is 3. The van der Waals surface area contributed by atoms with Crippen LogP contribution >= 0.6 is 11.3 Å². The molecule has 6 heteroatoms. The fourth-order valence-electron chi connectivity index (χ4n) is 1.72. The Balaban J connectivity index is 1.83. The van der Waals surface area contributed by atoms with Gasteiger partial charge in [0.05, 0.1) is 6.20 Å². The minimum Gasteiger partial charge on any atom is -0.349 e. The number of hydrogen-bond acceptors (Lipinski definition) is 5. The van der Waals surface area contributed by atoms with Crippen molar-refractivity contribution in [1.29, 1.82) is 0 Å². The van der Waals surface area contributed by atoms with Gasteiger partial charge in [-0.2, -0.15) is 5.10 Å². The van der Waals surface area contributed by atoms with Gasteiger partial charge in [0.1, 0.15) is 0 Å². The Morgan fingerprint density at radius 1 is 1.28 bits per heavy atom. The van der Waals surface area contributed by atoms with E-state index >= 15 is 0 Å². The lowest BCUT2D eigenvalue weighted by Gasteiger charge is -2.16. The molecule has 2 N–H and O–H groups in total. The molecule has 0 aliphatic carbocycles. The summed E-state index contributed by atoms with van der Waals surface area (Å²) in [5.74, 6) is 0. The van der Waals surface area contributed by atoms with Crippen LogP contribution in [0.3, 0.4) is 0 Å². The third kappa shape index (κ3) is 3.30. The molecule has 0 atom stereocenters. The first-order valence-corrected chi connectivity index (χ1v) is 7.03. The molecule has 0 unspecified atom stereocenters. The largest absolute Gasteiger partial charge is 0.349 e. The summed E-state index contributed by atoms with van der Waals surface area (Å²) in [7, 11) is 0. The van der Waals surface area contributed by atoms with Gasteiger partial charge in [0.15, 0.2) is 5.13 Å². The van der Waals surface area contributed by atoms with Crippen LogP contribution in [0.4, 0.5) is 5.13 Å². The van der Waals surface area contributed by atoms with Crippen LogP contribution in [0.15, 0.2) is 18.6 Å². The van der Waals surface area contributed by atoms with Crippen LogP contribution in [0.5, 0.6) is 0 Å². The molecule has 18 heavy (non-hydrogen) atoms. The van der Waals surface area contributed by atoms with E-state index in [1.807, 2.05) is 18.6 Å². The van der Waals surface area contributed by atoms with Crippen LogP contribution < -0.4 is 10.2 Å². The van der Waals surface area contributed by atoms with Crippen molar-refractivity contribution in [3.63, 3.8) is 0 Å². The quantitative estimate of drug-likeness (QED) is 0.804. The zero-order valence-corrected chi connectivity index (χ0v) is 11.6. The zero-order valence-electron chi connectivity index (χ0n) is 10.8. The molecule has 0 amide bonds. The third-order valence-corrected chi connectivity index (χ3v) is 3.82. The molecule has 0 bridgehead atoms. The maximum atomic E-state index is 4.46.